The van der Waals surface area contributed by atoms with Gasteiger partial charge in [0.25, 0.3) is 11.7 Å². The molecule has 1 fully saturated rings. The summed E-state index contributed by atoms with van der Waals surface area (Å²) < 4.78 is 47.8. The first-order valence-electron chi connectivity index (χ1n) is 22.5. The van der Waals surface area contributed by atoms with Gasteiger partial charge in [-0.3, -0.25) is 28.9 Å². The molecule has 67 heavy (non-hydrogen) atoms. The molecule has 370 valence electrons. The molecule has 1 saturated heterocycles. The normalized spacial score (nSPS) is 29.9. The number of hydrogen-bond donors (Lipinski definition) is 6. The van der Waals surface area contributed by atoms with E-state index >= 15 is 0 Å². The molecule has 0 saturated carbocycles. The first-order valence-corrected chi connectivity index (χ1v) is 24.2. The van der Waals surface area contributed by atoms with E-state index in [4.69, 9.17) is 28.0 Å². The van der Waals surface area contributed by atoms with E-state index in [9.17, 15) is 44.5 Å². The van der Waals surface area contributed by atoms with Crippen molar-refractivity contribution in [2.24, 2.45) is 28.8 Å². The molecule has 4 aliphatic rings. The summed E-state index contributed by atoms with van der Waals surface area (Å²) in [7, 11) is -1.94. The molecule has 2 aromatic rings. The number of methoxy groups -OCH3 is 1. The second kappa shape index (κ2) is 22.0. The lowest BCUT2D eigenvalue weighted by atomic mass is 9.78. The Kier molecular flexibility index (Phi) is 17.4. The SMILES string of the molecule is CCOP(=O)(CN1CCN(/N=C/c2c3c(O)c4c(O)c(C)c5c(c4c2O)C(=O)[C@@](C)(O/C=C/[C@H](OC)[C@@H](C)[C@@H](OC(C)=O)[C@H](C)[C@@H](O)[C@H](C)[C@H](O)[C@H](C)/C=C/C=C(/C)C(=O)N3)O5)CC1)OCC. The topological polar surface area (TPSA) is 256 Å². The highest BCUT2D eigenvalue weighted by Crippen LogP contribution is 2.55. The Morgan fingerprint density at radius 3 is 2.18 bits per heavy atom. The van der Waals surface area contributed by atoms with Crippen LogP contribution < -0.4 is 10.1 Å². The smallest absolute Gasteiger partial charge is 0.344 e. The van der Waals surface area contributed by atoms with Gasteiger partial charge in [-0.25, -0.2) is 0 Å². The monoisotopic (exact) mass is 958 g/mol. The summed E-state index contributed by atoms with van der Waals surface area (Å²) in [5.74, 6) is -8.78. The van der Waals surface area contributed by atoms with Crippen LogP contribution in [0.15, 0.2) is 41.2 Å². The lowest BCUT2D eigenvalue weighted by Gasteiger charge is -2.38. The number of aliphatic hydroxyl groups excluding tert-OH is 2. The fourth-order valence-corrected chi connectivity index (χ4v) is 10.6. The molecule has 5 bridgehead atoms. The zero-order valence-electron chi connectivity index (χ0n) is 40.1. The number of aromatic hydroxyl groups is 3. The molecule has 6 N–H and O–H groups in total. The Balaban J connectivity index is 1.64. The number of ketones is 1. The molecule has 4 aliphatic heterocycles. The highest BCUT2D eigenvalue weighted by Gasteiger charge is 2.50. The highest BCUT2D eigenvalue weighted by molar-refractivity contribution is 7.53. The minimum atomic E-state index is -3.36. The van der Waals surface area contributed by atoms with Gasteiger partial charge in [0.2, 0.25) is 0 Å². The minimum absolute atomic E-state index is 0.0223. The van der Waals surface area contributed by atoms with Gasteiger partial charge in [-0.2, -0.15) is 5.10 Å². The van der Waals surface area contributed by atoms with Crippen LogP contribution in [0.1, 0.15) is 83.8 Å². The number of carbonyl (C=O) groups excluding carboxylic acids is 3. The van der Waals surface area contributed by atoms with Crippen LogP contribution in [0.3, 0.4) is 0 Å². The standard InChI is InChI=1S/C47H67N4O15P/c1-12-63-67(60,64-13-2)24-50-18-20-51(21-19-50)48-23-32-37-42(57)35-34(41(32)56)36-44(30(8)40(35)55)66-47(10,45(36)58)62-22-17-33(61-11)27(5)43(65-31(9)52)29(7)39(54)28(6)38(53)25(3)15-14-16-26(4)46(59)49-37/h14-17,22-23,25,27-29,33,38-39,43,53-57H,12-13,18-21,24H2,1-11H3,(H,49,59)/b15-14+,22-17+,26-16-,48-23+/t25-,27-,28-,29-,33+,38-,39+,43-,47+/m1/s1. The number of carbonyl (C=O) groups is 3. The van der Waals surface area contributed by atoms with Gasteiger partial charge >= 0.3 is 19.4 Å². The molecule has 9 atom stereocenters. The zero-order chi connectivity index (χ0) is 49.7. The number of fused-ring (bicyclic) bond motifs is 14. The molecule has 4 heterocycles. The minimum Gasteiger partial charge on any atom is -0.507 e. The number of rotatable bonds is 10. The van der Waals surface area contributed by atoms with E-state index in [1.54, 1.807) is 58.7 Å². The number of hydrazone groups is 1. The number of hydrogen-bond acceptors (Lipinski definition) is 18. The number of nitrogens with one attached hydrogen (secondary N) is 1. The maximum absolute atomic E-state index is 14.6. The largest absolute Gasteiger partial charge is 0.507 e. The summed E-state index contributed by atoms with van der Waals surface area (Å²) in [6, 6.07) is 0. The average molecular weight is 959 g/mol. The molecule has 2 aromatic carbocycles. The van der Waals surface area contributed by atoms with Gasteiger partial charge in [0, 0.05) is 87.3 Å². The second-order valence-corrected chi connectivity index (χ2v) is 19.5. The van der Waals surface area contributed by atoms with Crippen molar-refractivity contribution in [3.63, 3.8) is 0 Å². The molecule has 1 amide bonds. The van der Waals surface area contributed by atoms with E-state index in [1.807, 2.05) is 4.90 Å². The number of ether oxygens (including phenoxy) is 4. The Bertz CT molecular complexity index is 2330. The third kappa shape index (κ3) is 11.3. The summed E-state index contributed by atoms with van der Waals surface area (Å²) in [5.41, 5.74) is -0.601. The maximum atomic E-state index is 14.6. The van der Waals surface area contributed by atoms with Crippen LogP contribution in [0, 0.1) is 30.6 Å². The fourth-order valence-electron chi connectivity index (χ4n) is 8.76. The van der Waals surface area contributed by atoms with Crippen LogP contribution in [0.2, 0.25) is 0 Å². The quantitative estimate of drug-likeness (QED) is 0.0530. The van der Waals surface area contributed by atoms with E-state index in [2.05, 4.69) is 10.4 Å². The van der Waals surface area contributed by atoms with Crippen LogP contribution in [0.25, 0.3) is 10.8 Å². The molecule has 0 aromatic heterocycles. The maximum Gasteiger partial charge on any atom is 0.344 e. The third-order valence-corrected chi connectivity index (χ3v) is 14.8. The van der Waals surface area contributed by atoms with E-state index in [1.165, 1.54) is 59.4 Å². The van der Waals surface area contributed by atoms with Gasteiger partial charge < -0.3 is 58.8 Å². The lowest BCUT2D eigenvalue weighted by molar-refractivity contribution is -0.160. The van der Waals surface area contributed by atoms with Crippen molar-refractivity contribution in [3.05, 3.63) is 52.8 Å². The van der Waals surface area contributed by atoms with Gasteiger partial charge in [0.1, 0.15) is 29.6 Å². The third-order valence-electron chi connectivity index (χ3n) is 12.8. The zero-order valence-corrected chi connectivity index (χ0v) is 41.0. The highest BCUT2D eigenvalue weighted by atomic mass is 31.2. The Morgan fingerprint density at radius 1 is 0.940 bits per heavy atom. The van der Waals surface area contributed by atoms with E-state index < -0.39 is 96.4 Å². The Hall–Kier alpha value is -5.01. The number of esters is 1. The van der Waals surface area contributed by atoms with Gasteiger partial charge in [-0.1, -0.05) is 45.9 Å². The van der Waals surface area contributed by atoms with Crippen molar-refractivity contribution in [1.29, 1.82) is 0 Å². The van der Waals surface area contributed by atoms with E-state index in [-0.39, 0.29) is 64.0 Å². The molecule has 0 radical (unpaired) electrons. The molecule has 19 nitrogen and oxygen atoms in total. The molecular formula is C47H67N4O15P. The summed E-state index contributed by atoms with van der Waals surface area (Å²) in [6.07, 6.45) is 4.68. The van der Waals surface area contributed by atoms with Crippen LogP contribution >= 0.6 is 7.60 Å². The number of aliphatic hydroxyl groups is 2. The van der Waals surface area contributed by atoms with Gasteiger partial charge in [0.15, 0.2) is 5.75 Å². The Morgan fingerprint density at radius 2 is 1.58 bits per heavy atom. The predicted octanol–water partition coefficient (Wildman–Crippen LogP) is 5.93. The molecule has 0 aliphatic carbocycles. The van der Waals surface area contributed by atoms with Crippen molar-refractivity contribution < 1.29 is 72.5 Å². The molecule has 0 spiro atoms. The van der Waals surface area contributed by atoms with Gasteiger partial charge in [-0.15, -0.1) is 0 Å². The van der Waals surface area contributed by atoms with Gasteiger partial charge in [-0.05, 0) is 33.8 Å². The average Bonchev–Trinajstić information content (AvgIpc) is 3.55. The molecule has 0 unspecified atom stereocenters. The number of nitrogens with zero attached hydrogens (tertiary/aromatic N) is 3. The number of phenolic OH excluding ortho intramolecular Hbond substituents is 3. The number of piperazine rings is 1. The predicted molar refractivity (Wildman–Crippen MR) is 250 cm³/mol. The lowest BCUT2D eigenvalue weighted by Crippen LogP contribution is -2.46. The van der Waals surface area contributed by atoms with Crippen LogP contribution in [-0.2, 0) is 37.4 Å². The summed E-state index contributed by atoms with van der Waals surface area (Å²) in [5, 5.41) is 67.2. The van der Waals surface area contributed by atoms with Crippen LogP contribution in [-0.4, -0.2) is 142 Å². The van der Waals surface area contributed by atoms with Crippen molar-refractivity contribution in [1.82, 2.24) is 9.91 Å². The number of Topliss-reactive ketones (excluding diaryl/α,β-unsaturated/α-hetero) is 1. The van der Waals surface area contributed by atoms with Crippen LogP contribution in [0.4, 0.5) is 5.69 Å². The van der Waals surface area contributed by atoms with Gasteiger partial charge in [0.05, 0.1) is 66.2 Å². The molecule has 6 rings (SSSR count). The summed E-state index contributed by atoms with van der Waals surface area (Å²) in [6.45, 7) is 17.8. The van der Waals surface area contributed by atoms with Crippen molar-refractivity contribution >= 4 is 47.9 Å². The van der Waals surface area contributed by atoms with E-state index in [0.717, 1.165) is 0 Å². The fraction of sp³-hybridized carbons (Fsp3) is 0.574. The molecule has 20 heteroatoms. The number of allylic oxidation sites excluding steroid dienone is 2. The van der Waals surface area contributed by atoms with Crippen molar-refractivity contribution in [2.75, 3.05) is 58.1 Å². The van der Waals surface area contributed by atoms with Crippen molar-refractivity contribution in [2.45, 2.75) is 99.4 Å². The Labute approximate surface area is 391 Å². The molecular weight excluding hydrogens is 892 g/mol. The second-order valence-electron chi connectivity index (χ2n) is 17.5. The van der Waals surface area contributed by atoms with Crippen molar-refractivity contribution in [3.8, 4) is 23.0 Å². The van der Waals surface area contributed by atoms with Crippen LogP contribution in [0.5, 0.6) is 23.0 Å². The number of benzene rings is 2. The number of phenols is 3. The summed E-state index contributed by atoms with van der Waals surface area (Å²) >= 11 is 0. The van der Waals surface area contributed by atoms with E-state index in [0.29, 0.717) is 26.2 Å². The number of anilines is 1. The number of amides is 1. The first-order chi connectivity index (χ1) is 31.5. The summed E-state index contributed by atoms with van der Waals surface area (Å²) in [4.78, 5) is 42.8. The first kappa shape index (κ1) is 53.0.